The van der Waals surface area contributed by atoms with E-state index >= 15 is 0 Å². The van der Waals surface area contributed by atoms with E-state index in [9.17, 15) is 9.59 Å². The van der Waals surface area contributed by atoms with Crippen LogP contribution in [0.1, 0.15) is 49.4 Å². The fourth-order valence-electron chi connectivity index (χ4n) is 2.04. The van der Waals surface area contributed by atoms with E-state index in [1.165, 1.54) is 7.11 Å². The first-order valence-electron chi connectivity index (χ1n) is 7.22. The first kappa shape index (κ1) is 17.7. The summed E-state index contributed by atoms with van der Waals surface area (Å²) in [5, 5.41) is 2.75. The van der Waals surface area contributed by atoms with Gasteiger partial charge in [0.2, 0.25) is 0 Å². The number of carbonyl (C=O) groups excluding carboxylic acids is 2. The van der Waals surface area contributed by atoms with Gasteiger partial charge in [0.05, 0.1) is 7.11 Å². The number of carbonyl (C=O) groups is 2. The SMILES string of the molecule is CCCCCC[C@@H](NC(=O)c1cccc(Br)c1)C(=O)OC. The third-order valence-corrected chi connectivity index (χ3v) is 3.72. The minimum Gasteiger partial charge on any atom is -0.467 e. The fraction of sp³-hybridized carbons (Fsp3) is 0.500. The zero-order valence-electron chi connectivity index (χ0n) is 12.5. The summed E-state index contributed by atoms with van der Waals surface area (Å²) in [5.41, 5.74) is 0.520. The number of esters is 1. The van der Waals surface area contributed by atoms with E-state index in [4.69, 9.17) is 4.74 Å². The number of methoxy groups -OCH3 is 1. The van der Waals surface area contributed by atoms with Gasteiger partial charge in [-0.05, 0) is 24.6 Å². The van der Waals surface area contributed by atoms with Crippen molar-refractivity contribution in [3.05, 3.63) is 34.3 Å². The van der Waals surface area contributed by atoms with Crippen molar-refractivity contribution in [2.75, 3.05) is 7.11 Å². The van der Waals surface area contributed by atoms with Crippen LogP contribution in [0.4, 0.5) is 0 Å². The Kier molecular flexibility index (Phi) is 8.05. The largest absolute Gasteiger partial charge is 0.467 e. The highest BCUT2D eigenvalue weighted by Crippen LogP contribution is 2.13. The van der Waals surface area contributed by atoms with Gasteiger partial charge in [0, 0.05) is 10.0 Å². The van der Waals surface area contributed by atoms with Crippen LogP contribution in [-0.4, -0.2) is 25.0 Å². The molecule has 0 aliphatic rings. The molecule has 0 unspecified atom stereocenters. The molecule has 1 atom stereocenters. The van der Waals surface area contributed by atoms with Gasteiger partial charge < -0.3 is 10.1 Å². The quantitative estimate of drug-likeness (QED) is 0.571. The summed E-state index contributed by atoms with van der Waals surface area (Å²) in [4.78, 5) is 23.9. The van der Waals surface area contributed by atoms with Crippen LogP contribution in [0.3, 0.4) is 0 Å². The van der Waals surface area contributed by atoms with Gasteiger partial charge in [0.1, 0.15) is 6.04 Å². The maximum Gasteiger partial charge on any atom is 0.328 e. The Morgan fingerprint density at radius 2 is 2.05 bits per heavy atom. The predicted octanol–water partition coefficient (Wildman–Crippen LogP) is 3.69. The van der Waals surface area contributed by atoms with Crippen LogP contribution in [0.15, 0.2) is 28.7 Å². The molecule has 0 aromatic heterocycles. The van der Waals surface area contributed by atoms with Gasteiger partial charge in [-0.25, -0.2) is 4.79 Å². The van der Waals surface area contributed by atoms with Crippen molar-refractivity contribution >= 4 is 27.8 Å². The zero-order valence-corrected chi connectivity index (χ0v) is 14.1. The molecule has 1 aromatic rings. The van der Waals surface area contributed by atoms with Crippen molar-refractivity contribution in [2.24, 2.45) is 0 Å². The molecule has 1 rings (SSSR count). The molecule has 5 heteroatoms. The van der Waals surface area contributed by atoms with Crippen LogP contribution in [0.5, 0.6) is 0 Å². The first-order valence-corrected chi connectivity index (χ1v) is 8.02. The molecule has 0 fully saturated rings. The van der Waals surface area contributed by atoms with Gasteiger partial charge >= 0.3 is 5.97 Å². The van der Waals surface area contributed by atoms with Crippen molar-refractivity contribution in [1.29, 1.82) is 0 Å². The second-order valence-corrected chi connectivity index (χ2v) is 5.82. The average Bonchev–Trinajstić information content (AvgIpc) is 2.49. The summed E-state index contributed by atoms with van der Waals surface area (Å²) in [5.74, 6) is -0.656. The number of amides is 1. The van der Waals surface area contributed by atoms with Gasteiger partial charge in [0.25, 0.3) is 5.91 Å². The summed E-state index contributed by atoms with van der Waals surface area (Å²) in [6, 6.07) is 6.48. The Morgan fingerprint density at radius 3 is 2.67 bits per heavy atom. The molecule has 0 spiro atoms. The summed E-state index contributed by atoms with van der Waals surface area (Å²) in [6.07, 6.45) is 4.82. The molecule has 1 amide bonds. The van der Waals surface area contributed by atoms with Gasteiger partial charge in [-0.3, -0.25) is 4.79 Å². The normalized spacial score (nSPS) is 11.8. The lowest BCUT2D eigenvalue weighted by molar-refractivity contribution is -0.143. The van der Waals surface area contributed by atoms with E-state index in [1.54, 1.807) is 18.2 Å². The maximum absolute atomic E-state index is 12.2. The molecule has 0 bridgehead atoms. The van der Waals surface area contributed by atoms with Gasteiger partial charge in [0.15, 0.2) is 0 Å². The fourth-order valence-corrected chi connectivity index (χ4v) is 2.44. The van der Waals surface area contributed by atoms with Crippen LogP contribution >= 0.6 is 15.9 Å². The van der Waals surface area contributed by atoms with Gasteiger partial charge in [-0.15, -0.1) is 0 Å². The van der Waals surface area contributed by atoms with Crippen molar-refractivity contribution in [2.45, 2.75) is 45.1 Å². The smallest absolute Gasteiger partial charge is 0.328 e. The summed E-state index contributed by atoms with van der Waals surface area (Å²) in [7, 11) is 1.34. The van der Waals surface area contributed by atoms with Gasteiger partial charge in [-0.1, -0.05) is 54.6 Å². The Bertz CT molecular complexity index is 476. The third kappa shape index (κ3) is 6.29. The maximum atomic E-state index is 12.2. The molecule has 0 saturated heterocycles. The average molecular weight is 356 g/mol. The van der Waals surface area contributed by atoms with E-state index in [-0.39, 0.29) is 5.91 Å². The molecule has 1 aromatic carbocycles. The van der Waals surface area contributed by atoms with Crippen molar-refractivity contribution < 1.29 is 14.3 Å². The number of benzene rings is 1. The summed E-state index contributed by atoms with van der Waals surface area (Å²) >= 11 is 3.33. The highest BCUT2D eigenvalue weighted by atomic mass is 79.9. The number of halogens is 1. The second kappa shape index (κ2) is 9.55. The molecular weight excluding hydrogens is 334 g/mol. The lowest BCUT2D eigenvalue weighted by Gasteiger charge is -2.16. The van der Waals surface area contributed by atoms with Crippen LogP contribution in [-0.2, 0) is 9.53 Å². The van der Waals surface area contributed by atoms with E-state index in [1.807, 2.05) is 6.07 Å². The number of nitrogens with one attached hydrogen (secondary N) is 1. The molecule has 0 aliphatic carbocycles. The van der Waals surface area contributed by atoms with E-state index in [0.29, 0.717) is 12.0 Å². The Morgan fingerprint density at radius 1 is 1.29 bits per heavy atom. The standard InChI is InChI=1S/C16H22BrNO3/c1-3-4-5-6-10-14(16(20)21-2)18-15(19)12-8-7-9-13(17)11-12/h7-9,11,14H,3-6,10H2,1-2H3,(H,18,19)/t14-/m1/s1. The highest BCUT2D eigenvalue weighted by molar-refractivity contribution is 9.10. The molecule has 1 N–H and O–H groups in total. The van der Waals surface area contributed by atoms with E-state index < -0.39 is 12.0 Å². The second-order valence-electron chi connectivity index (χ2n) is 4.91. The predicted molar refractivity (Wildman–Crippen MR) is 86.2 cm³/mol. The number of hydrogen-bond acceptors (Lipinski definition) is 3. The monoisotopic (exact) mass is 355 g/mol. The van der Waals surface area contributed by atoms with Crippen molar-refractivity contribution in [1.82, 2.24) is 5.32 Å². The molecule has 21 heavy (non-hydrogen) atoms. The molecule has 0 saturated carbocycles. The van der Waals surface area contributed by atoms with Crippen molar-refractivity contribution in [3.63, 3.8) is 0 Å². The molecule has 116 valence electrons. The van der Waals surface area contributed by atoms with Crippen LogP contribution < -0.4 is 5.32 Å². The summed E-state index contributed by atoms with van der Waals surface area (Å²) in [6.45, 7) is 2.13. The lowest BCUT2D eigenvalue weighted by atomic mass is 10.1. The first-order chi connectivity index (χ1) is 10.1. The molecule has 0 heterocycles. The van der Waals surface area contributed by atoms with E-state index in [0.717, 1.165) is 30.2 Å². The van der Waals surface area contributed by atoms with E-state index in [2.05, 4.69) is 28.2 Å². The third-order valence-electron chi connectivity index (χ3n) is 3.22. The Hall–Kier alpha value is -1.36. The molecular formula is C16H22BrNO3. The minimum absolute atomic E-state index is 0.262. The van der Waals surface area contributed by atoms with Gasteiger partial charge in [-0.2, -0.15) is 0 Å². The number of hydrogen-bond donors (Lipinski definition) is 1. The van der Waals surface area contributed by atoms with Crippen molar-refractivity contribution in [3.8, 4) is 0 Å². The molecule has 0 aliphatic heterocycles. The molecule has 0 radical (unpaired) electrons. The molecule has 4 nitrogen and oxygen atoms in total. The van der Waals surface area contributed by atoms with Crippen LogP contribution in [0.25, 0.3) is 0 Å². The number of rotatable bonds is 8. The zero-order chi connectivity index (χ0) is 15.7. The minimum atomic E-state index is -0.585. The topological polar surface area (TPSA) is 55.4 Å². The summed E-state index contributed by atoms with van der Waals surface area (Å²) < 4.78 is 5.59. The Balaban J connectivity index is 2.63. The lowest BCUT2D eigenvalue weighted by Crippen LogP contribution is -2.41. The van der Waals surface area contributed by atoms with Crippen LogP contribution in [0, 0.1) is 0 Å². The Labute approximate surface area is 134 Å². The van der Waals surface area contributed by atoms with Crippen LogP contribution in [0.2, 0.25) is 0 Å². The number of unbranched alkanes of at least 4 members (excludes halogenated alkanes) is 3. The highest BCUT2D eigenvalue weighted by Gasteiger charge is 2.21. The number of ether oxygens (including phenoxy) is 1.